The molecule has 0 aliphatic carbocycles. The molecule has 0 N–H and O–H groups in total. The van der Waals surface area contributed by atoms with Crippen LogP contribution in [-0.2, 0) is 0 Å². The van der Waals surface area contributed by atoms with Crippen LogP contribution in [0.3, 0.4) is 0 Å². The molecule has 0 saturated carbocycles. The van der Waals surface area contributed by atoms with Gasteiger partial charge in [-0.05, 0) is 18.6 Å². The molecule has 8 heavy (non-hydrogen) atoms. The van der Waals surface area contributed by atoms with Crippen molar-refractivity contribution in [2.24, 2.45) is 9.98 Å². The molecule has 0 aliphatic rings. The lowest BCUT2D eigenvalue weighted by Gasteiger charge is -1.80. The van der Waals surface area contributed by atoms with Crippen LogP contribution in [0.25, 0.3) is 0 Å². The first kappa shape index (κ1) is 7.56. The van der Waals surface area contributed by atoms with E-state index in [2.05, 4.69) is 32.6 Å². The maximum atomic E-state index is 3.82. The zero-order valence-electron chi connectivity index (χ0n) is 4.63. The number of nitrogens with zero attached hydrogens (tertiary/aromatic N) is 2. The fourth-order valence-corrected chi connectivity index (χ4v) is 0.295. The maximum absolute atomic E-state index is 3.82. The summed E-state index contributed by atoms with van der Waals surface area (Å²) in [5, 5.41) is 0. The van der Waals surface area contributed by atoms with Gasteiger partial charge in [-0.15, -0.1) is 0 Å². The monoisotopic (exact) mass is 174 g/mol. The van der Waals surface area contributed by atoms with Crippen LogP contribution in [-0.4, -0.2) is 12.6 Å². The number of aliphatic imine (C=N–C) groups is 2. The first-order valence-corrected chi connectivity index (χ1v) is 2.99. The largest absolute Gasteiger partial charge is 0.250 e. The molecule has 3 heteroatoms. The number of halogens is 1. The van der Waals surface area contributed by atoms with E-state index in [0.717, 1.165) is 0 Å². The molecule has 0 aromatic heterocycles. The highest BCUT2D eigenvalue weighted by Gasteiger charge is 1.73. The zero-order chi connectivity index (χ0) is 6.41. The Morgan fingerprint density at radius 2 is 2.38 bits per heavy atom. The van der Waals surface area contributed by atoms with Crippen molar-refractivity contribution < 1.29 is 0 Å². The lowest BCUT2D eigenvalue weighted by atomic mass is 10.7. The Morgan fingerprint density at radius 1 is 1.75 bits per heavy atom. The molecular weight excluding hydrogens is 168 g/mol. The molecule has 0 amide bonds. The van der Waals surface area contributed by atoms with Gasteiger partial charge in [0, 0.05) is 6.20 Å². The van der Waals surface area contributed by atoms with E-state index in [1.54, 1.807) is 18.1 Å². The molecule has 0 rings (SSSR count). The van der Waals surface area contributed by atoms with Crippen molar-refractivity contribution >= 4 is 28.5 Å². The Labute approximate surface area is 57.2 Å². The van der Waals surface area contributed by atoms with Gasteiger partial charge in [-0.2, -0.15) is 0 Å². The SMILES string of the molecule is C=NC(C)=N/C=C/Br. The summed E-state index contributed by atoms with van der Waals surface area (Å²) in [6.07, 6.45) is 1.60. The molecular formula is C5H7BrN2. The van der Waals surface area contributed by atoms with Crippen LogP contribution >= 0.6 is 15.9 Å². The minimum absolute atomic E-state index is 0.667. The van der Waals surface area contributed by atoms with E-state index in [-0.39, 0.29) is 0 Å². The van der Waals surface area contributed by atoms with Crippen LogP contribution in [0.15, 0.2) is 21.2 Å². The van der Waals surface area contributed by atoms with E-state index >= 15 is 0 Å². The smallest absolute Gasteiger partial charge is 0.124 e. The Kier molecular flexibility index (Phi) is 4.45. The van der Waals surface area contributed by atoms with E-state index in [9.17, 15) is 0 Å². The molecule has 0 atom stereocenters. The molecule has 0 unspecified atom stereocenters. The van der Waals surface area contributed by atoms with E-state index in [4.69, 9.17) is 0 Å². The topological polar surface area (TPSA) is 24.7 Å². The van der Waals surface area contributed by atoms with Crippen molar-refractivity contribution in [1.82, 2.24) is 0 Å². The number of hydrogen-bond acceptors (Lipinski definition) is 1. The Balaban J connectivity index is 3.74. The second kappa shape index (κ2) is 4.71. The first-order valence-electron chi connectivity index (χ1n) is 2.07. The van der Waals surface area contributed by atoms with Gasteiger partial charge in [0.1, 0.15) is 5.84 Å². The number of rotatable bonds is 1. The summed E-state index contributed by atoms with van der Waals surface area (Å²) in [5.41, 5.74) is 0. The predicted octanol–water partition coefficient (Wildman–Crippen LogP) is 1.97. The molecule has 0 spiro atoms. The zero-order valence-corrected chi connectivity index (χ0v) is 6.22. The summed E-state index contributed by atoms with van der Waals surface area (Å²) >= 11 is 3.06. The number of amidine groups is 1. The Bertz CT molecular complexity index is 126. The van der Waals surface area contributed by atoms with Crippen LogP contribution in [0, 0.1) is 0 Å². The van der Waals surface area contributed by atoms with Gasteiger partial charge >= 0.3 is 0 Å². The fourth-order valence-electron chi connectivity index (χ4n) is 0.177. The van der Waals surface area contributed by atoms with E-state index in [0.29, 0.717) is 5.84 Å². The highest BCUT2D eigenvalue weighted by molar-refractivity contribution is 9.11. The van der Waals surface area contributed by atoms with Crippen LogP contribution in [0.2, 0.25) is 0 Å². The van der Waals surface area contributed by atoms with Crippen LogP contribution in [0.5, 0.6) is 0 Å². The summed E-state index contributed by atoms with van der Waals surface area (Å²) in [7, 11) is 0. The van der Waals surface area contributed by atoms with Crippen molar-refractivity contribution in [3.8, 4) is 0 Å². The molecule has 0 radical (unpaired) electrons. The van der Waals surface area contributed by atoms with Crippen molar-refractivity contribution in [3.63, 3.8) is 0 Å². The van der Waals surface area contributed by atoms with Crippen molar-refractivity contribution in [1.29, 1.82) is 0 Å². The lowest BCUT2D eigenvalue weighted by molar-refractivity contribution is 1.48. The average Bonchev–Trinajstić information content (AvgIpc) is 1.83. The van der Waals surface area contributed by atoms with Crippen molar-refractivity contribution in [3.05, 3.63) is 11.2 Å². The molecule has 0 heterocycles. The highest BCUT2D eigenvalue weighted by atomic mass is 79.9. The minimum Gasteiger partial charge on any atom is -0.250 e. The van der Waals surface area contributed by atoms with Crippen LogP contribution < -0.4 is 0 Å². The molecule has 2 nitrogen and oxygen atoms in total. The standard InChI is InChI=1S/C5H7BrN2/c1-5(7-2)8-4-3-6/h3-4H,2H2,1H3/b4-3+,8-5?. The summed E-state index contributed by atoms with van der Waals surface area (Å²) < 4.78 is 0. The summed E-state index contributed by atoms with van der Waals surface area (Å²) in [4.78, 5) is 9.03. The van der Waals surface area contributed by atoms with Gasteiger partial charge in [-0.1, -0.05) is 15.9 Å². The van der Waals surface area contributed by atoms with Gasteiger partial charge in [-0.25, -0.2) is 9.98 Å². The first-order chi connectivity index (χ1) is 3.81. The maximum Gasteiger partial charge on any atom is 0.124 e. The molecule has 0 aromatic rings. The van der Waals surface area contributed by atoms with Crippen molar-refractivity contribution in [2.75, 3.05) is 0 Å². The quantitative estimate of drug-likeness (QED) is 0.430. The molecule has 0 fully saturated rings. The molecule has 44 valence electrons. The normalized spacial score (nSPS) is 12.5. The minimum atomic E-state index is 0.667. The van der Waals surface area contributed by atoms with Gasteiger partial charge in [-0.3, -0.25) is 0 Å². The highest BCUT2D eigenvalue weighted by Crippen LogP contribution is 1.84. The lowest BCUT2D eigenvalue weighted by Crippen LogP contribution is -1.78. The Hall–Kier alpha value is -0.440. The van der Waals surface area contributed by atoms with Gasteiger partial charge in [0.05, 0.1) is 0 Å². The molecule has 0 aromatic carbocycles. The third-order valence-electron chi connectivity index (χ3n) is 0.547. The fraction of sp³-hybridized carbons (Fsp3) is 0.200. The second-order valence-corrected chi connectivity index (χ2v) is 1.64. The van der Waals surface area contributed by atoms with E-state index < -0.39 is 0 Å². The average molecular weight is 175 g/mol. The van der Waals surface area contributed by atoms with Crippen molar-refractivity contribution in [2.45, 2.75) is 6.92 Å². The van der Waals surface area contributed by atoms with Gasteiger partial charge < -0.3 is 0 Å². The summed E-state index contributed by atoms with van der Waals surface area (Å²) in [6, 6.07) is 0. The van der Waals surface area contributed by atoms with Crippen LogP contribution in [0.4, 0.5) is 0 Å². The van der Waals surface area contributed by atoms with Crippen LogP contribution in [0.1, 0.15) is 6.92 Å². The van der Waals surface area contributed by atoms with Gasteiger partial charge in [0.25, 0.3) is 0 Å². The van der Waals surface area contributed by atoms with E-state index in [1.165, 1.54) is 0 Å². The predicted molar refractivity (Wildman–Crippen MR) is 40.7 cm³/mol. The summed E-state index contributed by atoms with van der Waals surface area (Å²) in [6.45, 7) is 5.06. The molecule has 0 bridgehead atoms. The third-order valence-corrected chi connectivity index (χ3v) is 0.783. The summed E-state index contributed by atoms with van der Waals surface area (Å²) in [5.74, 6) is 0.667. The van der Waals surface area contributed by atoms with Gasteiger partial charge in [0.2, 0.25) is 0 Å². The van der Waals surface area contributed by atoms with Gasteiger partial charge in [0.15, 0.2) is 0 Å². The molecule has 0 saturated heterocycles. The van der Waals surface area contributed by atoms with E-state index in [1.807, 2.05) is 0 Å². The molecule has 0 aliphatic heterocycles. The second-order valence-electron chi connectivity index (χ2n) is 1.11. The Morgan fingerprint density at radius 3 is 2.75 bits per heavy atom. The third kappa shape index (κ3) is 3.74. The number of hydrogen-bond donors (Lipinski definition) is 0.